The van der Waals surface area contributed by atoms with Crippen molar-refractivity contribution in [2.24, 2.45) is 0 Å². The third-order valence-corrected chi connectivity index (χ3v) is 3.34. The van der Waals surface area contributed by atoms with Gasteiger partial charge >= 0.3 is 5.97 Å². The van der Waals surface area contributed by atoms with E-state index in [9.17, 15) is 13.6 Å². The zero-order valence-electron chi connectivity index (χ0n) is 11.3. The highest BCUT2D eigenvalue weighted by Gasteiger charge is 2.08. The number of nitrogens with zero attached hydrogens (tertiary/aromatic N) is 1. The van der Waals surface area contributed by atoms with E-state index in [4.69, 9.17) is 5.11 Å². The molecule has 3 rings (SSSR count). The molecule has 1 aromatic heterocycles. The number of carboxylic acids is 1. The van der Waals surface area contributed by atoms with E-state index in [-0.39, 0.29) is 11.3 Å². The van der Waals surface area contributed by atoms with Gasteiger partial charge in [0.05, 0.1) is 11.3 Å². The Balaban J connectivity index is 1.96. The zero-order chi connectivity index (χ0) is 15.7. The van der Waals surface area contributed by atoms with Gasteiger partial charge in [0, 0.05) is 18.5 Å². The number of hydrogen-bond donors (Lipinski definition) is 1. The Hall–Kier alpha value is -2.95. The summed E-state index contributed by atoms with van der Waals surface area (Å²) in [6, 6.07) is 11.3. The van der Waals surface area contributed by atoms with Crippen LogP contribution in [0.2, 0.25) is 0 Å². The molecule has 1 heterocycles. The largest absolute Gasteiger partial charge is 0.478 e. The first-order chi connectivity index (χ1) is 10.5. The lowest BCUT2D eigenvalue weighted by Crippen LogP contribution is -1.95. The fourth-order valence-electron chi connectivity index (χ4n) is 2.21. The molecular formula is C17H11F2NO2. The van der Waals surface area contributed by atoms with Gasteiger partial charge in [-0.25, -0.2) is 13.6 Å². The van der Waals surface area contributed by atoms with Gasteiger partial charge in [-0.05, 0) is 41.5 Å². The lowest BCUT2D eigenvalue weighted by molar-refractivity contribution is 0.0697. The average Bonchev–Trinajstić information content (AvgIpc) is 2.99. The van der Waals surface area contributed by atoms with Crippen molar-refractivity contribution < 1.29 is 18.7 Å². The molecule has 0 atom stereocenters. The highest BCUT2D eigenvalue weighted by molar-refractivity contribution is 5.88. The van der Waals surface area contributed by atoms with Crippen LogP contribution in [0, 0.1) is 11.6 Å². The Bertz CT molecular complexity index is 838. The number of hydrogen-bond acceptors (Lipinski definition) is 1. The number of rotatable bonds is 3. The summed E-state index contributed by atoms with van der Waals surface area (Å²) in [6.45, 7) is 0. The minimum absolute atomic E-state index is 0.119. The Morgan fingerprint density at radius 1 is 0.955 bits per heavy atom. The number of carboxylic acid groups (broad SMARTS) is 1. The first-order valence-corrected chi connectivity index (χ1v) is 6.52. The summed E-state index contributed by atoms with van der Waals surface area (Å²) in [4.78, 5) is 10.8. The van der Waals surface area contributed by atoms with Crippen LogP contribution in [-0.2, 0) is 0 Å². The number of benzene rings is 2. The molecule has 3 nitrogen and oxygen atoms in total. The molecule has 2 aromatic carbocycles. The summed E-state index contributed by atoms with van der Waals surface area (Å²) in [5, 5.41) is 8.87. The fourth-order valence-corrected chi connectivity index (χ4v) is 2.21. The molecule has 1 N–H and O–H groups in total. The van der Waals surface area contributed by atoms with Crippen LogP contribution in [0.25, 0.3) is 16.8 Å². The highest BCUT2D eigenvalue weighted by atomic mass is 19.1. The van der Waals surface area contributed by atoms with E-state index in [1.165, 1.54) is 16.7 Å². The van der Waals surface area contributed by atoms with Crippen molar-refractivity contribution in [1.29, 1.82) is 0 Å². The third-order valence-electron chi connectivity index (χ3n) is 3.34. The minimum atomic E-state index is -0.994. The van der Waals surface area contributed by atoms with Crippen molar-refractivity contribution in [2.45, 2.75) is 0 Å². The number of halogens is 2. The topological polar surface area (TPSA) is 42.2 Å². The van der Waals surface area contributed by atoms with E-state index in [0.717, 1.165) is 29.3 Å². The number of aromatic nitrogens is 1. The normalized spacial score (nSPS) is 10.6. The molecule has 0 aliphatic rings. The highest BCUT2D eigenvalue weighted by Crippen LogP contribution is 2.23. The molecule has 0 saturated heterocycles. The van der Waals surface area contributed by atoms with Crippen LogP contribution in [-0.4, -0.2) is 15.6 Å². The van der Waals surface area contributed by atoms with E-state index in [1.807, 2.05) is 0 Å². The SMILES string of the molecule is O=C(O)c1ccc(-c2ccn(-c3cc(F)ccc3F)c2)cc1. The third kappa shape index (κ3) is 2.61. The standard InChI is InChI=1S/C17H11F2NO2/c18-14-5-6-15(19)16(9-14)20-8-7-13(10-20)11-1-3-12(4-2-11)17(21)22/h1-10H,(H,21,22). The van der Waals surface area contributed by atoms with Gasteiger partial charge in [-0.2, -0.15) is 0 Å². The van der Waals surface area contributed by atoms with Crippen molar-refractivity contribution in [3.05, 3.63) is 78.1 Å². The first-order valence-electron chi connectivity index (χ1n) is 6.52. The van der Waals surface area contributed by atoms with Crippen LogP contribution in [0.3, 0.4) is 0 Å². The van der Waals surface area contributed by atoms with Gasteiger partial charge in [0.25, 0.3) is 0 Å². The maximum Gasteiger partial charge on any atom is 0.335 e. The van der Waals surface area contributed by atoms with Gasteiger partial charge in [0.2, 0.25) is 0 Å². The predicted molar refractivity (Wildman–Crippen MR) is 78.1 cm³/mol. The molecule has 0 spiro atoms. The van der Waals surface area contributed by atoms with Crippen LogP contribution in [0.15, 0.2) is 60.9 Å². The van der Waals surface area contributed by atoms with Gasteiger partial charge in [-0.3, -0.25) is 0 Å². The maximum absolute atomic E-state index is 13.8. The quantitative estimate of drug-likeness (QED) is 0.790. The number of carbonyl (C=O) groups is 1. The first kappa shape index (κ1) is 14.0. The minimum Gasteiger partial charge on any atom is -0.478 e. The molecule has 0 saturated carbocycles. The lowest BCUT2D eigenvalue weighted by atomic mass is 10.1. The van der Waals surface area contributed by atoms with Crippen LogP contribution in [0.5, 0.6) is 0 Å². The van der Waals surface area contributed by atoms with Crippen molar-refractivity contribution in [3.63, 3.8) is 0 Å². The molecule has 22 heavy (non-hydrogen) atoms. The van der Waals surface area contributed by atoms with Crippen molar-refractivity contribution in [3.8, 4) is 16.8 Å². The van der Waals surface area contributed by atoms with Gasteiger partial charge < -0.3 is 9.67 Å². The lowest BCUT2D eigenvalue weighted by Gasteiger charge is -2.04. The van der Waals surface area contributed by atoms with E-state index in [0.29, 0.717) is 0 Å². The van der Waals surface area contributed by atoms with Crippen LogP contribution in [0.1, 0.15) is 10.4 Å². The molecule has 0 aliphatic carbocycles. The summed E-state index contributed by atoms with van der Waals surface area (Å²) in [5.74, 6) is -2.03. The molecule has 0 unspecified atom stereocenters. The van der Waals surface area contributed by atoms with Crippen molar-refractivity contribution in [2.75, 3.05) is 0 Å². The summed E-state index contributed by atoms with van der Waals surface area (Å²) in [7, 11) is 0. The molecule has 0 aliphatic heterocycles. The molecule has 3 aromatic rings. The molecule has 110 valence electrons. The average molecular weight is 299 g/mol. The molecule has 0 radical (unpaired) electrons. The maximum atomic E-state index is 13.8. The Kier molecular flexibility index (Phi) is 3.47. The monoisotopic (exact) mass is 299 g/mol. The van der Waals surface area contributed by atoms with Crippen LogP contribution < -0.4 is 0 Å². The van der Waals surface area contributed by atoms with Gasteiger partial charge in [0.1, 0.15) is 11.6 Å². The second-order valence-corrected chi connectivity index (χ2v) is 4.79. The summed E-state index contributed by atoms with van der Waals surface area (Å²) in [6.07, 6.45) is 3.28. The van der Waals surface area contributed by atoms with E-state index < -0.39 is 17.6 Å². The Morgan fingerprint density at radius 3 is 2.36 bits per heavy atom. The molecule has 5 heteroatoms. The van der Waals surface area contributed by atoms with Crippen LogP contribution >= 0.6 is 0 Å². The van der Waals surface area contributed by atoms with Crippen LogP contribution in [0.4, 0.5) is 8.78 Å². The molecule has 0 amide bonds. The smallest absolute Gasteiger partial charge is 0.335 e. The van der Waals surface area contributed by atoms with Crippen molar-refractivity contribution >= 4 is 5.97 Å². The molecule has 0 bridgehead atoms. The van der Waals surface area contributed by atoms with Gasteiger partial charge in [-0.1, -0.05) is 12.1 Å². The second kappa shape index (κ2) is 5.44. The van der Waals surface area contributed by atoms with Gasteiger partial charge in [-0.15, -0.1) is 0 Å². The number of aromatic carboxylic acids is 1. The second-order valence-electron chi connectivity index (χ2n) is 4.79. The Morgan fingerprint density at radius 2 is 1.68 bits per heavy atom. The summed E-state index contributed by atoms with van der Waals surface area (Å²) in [5.41, 5.74) is 1.88. The zero-order valence-corrected chi connectivity index (χ0v) is 11.3. The summed E-state index contributed by atoms with van der Waals surface area (Å²) < 4.78 is 28.5. The van der Waals surface area contributed by atoms with E-state index in [1.54, 1.807) is 30.6 Å². The Labute approximate surface area is 125 Å². The predicted octanol–water partition coefficient (Wildman–Crippen LogP) is 4.12. The fraction of sp³-hybridized carbons (Fsp3) is 0. The molecule has 0 fully saturated rings. The summed E-state index contributed by atoms with van der Waals surface area (Å²) >= 11 is 0. The van der Waals surface area contributed by atoms with Crippen molar-refractivity contribution in [1.82, 2.24) is 4.57 Å². The van der Waals surface area contributed by atoms with Gasteiger partial charge in [0.15, 0.2) is 0 Å². The van der Waals surface area contributed by atoms with E-state index in [2.05, 4.69) is 0 Å². The van der Waals surface area contributed by atoms with E-state index >= 15 is 0 Å². The molecular weight excluding hydrogens is 288 g/mol.